The minimum absolute atomic E-state index is 0.346. The number of hydrazine groups is 1. The molecule has 5 nitrogen and oxygen atoms in total. The Bertz CT molecular complexity index is 409. The number of nitrogen functional groups attached to an aromatic ring is 2. The molecular weight excluding hydrogens is 174 g/mol. The number of rotatable bonds is 1. The maximum absolute atomic E-state index is 5.64. The summed E-state index contributed by atoms with van der Waals surface area (Å²) in [5.41, 5.74) is 8.81. The van der Waals surface area contributed by atoms with Gasteiger partial charge in [0.2, 0.25) is 5.95 Å². The van der Waals surface area contributed by atoms with Crippen LogP contribution in [-0.4, -0.2) is 9.97 Å². The normalized spacial score (nSPS) is 10.4. The number of nitrogens with zero attached hydrogens (tertiary/aromatic N) is 2. The third-order valence-corrected chi connectivity index (χ3v) is 2.39. The Hall–Kier alpha value is -1.40. The van der Waals surface area contributed by atoms with Gasteiger partial charge in [0, 0.05) is 0 Å². The van der Waals surface area contributed by atoms with Crippen molar-refractivity contribution in [1.82, 2.24) is 9.97 Å². The highest BCUT2D eigenvalue weighted by Crippen LogP contribution is 2.24. The molecular formula is C6H7N5S. The molecule has 0 aliphatic rings. The van der Waals surface area contributed by atoms with E-state index in [9.17, 15) is 0 Å². The fraction of sp³-hybridized carbons (Fsp3) is 0. The van der Waals surface area contributed by atoms with E-state index in [1.807, 2.05) is 11.4 Å². The smallest absolute Gasteiger partial charge is 0.239 e. The molecule has 0 aliphatic carbocycles. The monoisotopic (exact) mass is 181 g/mol. The molecule has 0 radical (unpaired) electrons. The van der Waals surface area contributed by atoms with Crippen LogP contribution < -0.4 is 17.0 Å². The number of nitrogens with two attached hydrogens (primary N) is 2. The Labute approximate surface area is 72.4 Å². The van der Waals surface area contributed by atoms with Gasteiger partial charge in [-0.3, -0.25) is 5.43 Å². The molecule has 0 unspecified atom stereocenters. The van der Waals surface area contributed by atoms with Crippen LogP contribution in [0.3, 0.4) is 0 Å². The van der Waals surface area contributed by atoms with E-state index in [1.54, 1.807) is 0 Å². The zero-order valence-corrected chi connectivity index (χ0v) is 6.93. The van der Waals surface area contributed by atoms with Gasteiger partial charge in [-0.1, -0.05) is 0 Å². The summed E-state index contributed by atoms with van der Waals surface area (Å²) in [5, 5.41) is 1.91. The molecule has 0 bridgehead atoms. The largest absolute Gasteiger partial charge is 0.382 e. The molecule has 0 fully saturated rings. The Kier molecular flexibility index (Phi) is 1.56. The Morgan fingerprint density at radius 3 is 3.00 bits per heavy atom. The maximum atomic E-state index is 5.64. The minimum Gasteiger partial charge on any atom is -0.382 e. The molecule has 5 N–H and O–H groups in total. The predicted molar refractivity (Wildman–Crippen MR) is 49.6 cm³/mol. The van der Waals surface area contributed by atoms with E-state index in [0.717, 1.165) is 10.2 Å². The van der Waals surface area contributed by atoms with Crippen LogP contribution in [0.4, 0.5) is 11.8 Å². The molecule has 0 aliphatic heterocycles. The van der Waals surface area contributed by atoms with Gasteiger partial charge in [-0.15, -0.1) is 11.3 Å². The first-order valence-corrected chi connectivity index (χ1v) is 4.16. The SMILES string of the molecule is NNc1nc(N)c2sccc2n1. The highest BCUT2D eigenvalue weighted by molar-refractivity contribution is 7.17. The minimum atomic E-state index is 0.346. The number of anilines is 2. The van der Waals surface area contributed by atoms with E-state index in [4.69, 9.17) is 11.6 Å². The van der Waals surface area contributed by atoms with Crippen molar-refractivity contribution in [2.75, 3.05) is 11.2 Å². The molecule has 12 heavy (non-hydrogen) atoms. The van der Waals surface area contributed by atoms with Gasteiger partial charge in [0.05, 0.1) is 10.2 Å². The van der Waals surface area contributed by atoms with Gasteiger partial charge in [-0.2, -0.15) is 4.98 Å². The number of hydrogen-bond acceptors (Lipinski definition) is 6. The molecule has 2 aromatic heterocycles. The standard InChI is InChI=1S/C6H7N5S/c7-5-4-3(1-2-12-4)9-6(10-5)11-8/h1-2H,8H2,(H3,7,9,10,11). The van der Waals surface area contributed by atoms with E-state index in [1.165, 1.54) is 11.3 Å². The van der Waals surface area contributed by atoms with Gasteiger partial charge in [0.25, 0.3) is 0 Å². The van der Waals surface area contributed by atoms with Crippen LogP contribution in [0.5, 0.6) is 0 Å². The van der Waals surface area contributed by atoms with Crippen molar-refractivity contribution in [3.05, 3.63) is 11.4 Å². The number of thiophene rings is 1. The second-order valence-electron chi connectivity index (χ2n) is 2.21. The first-order valence-electron chi connectivity index (χ1n) is 3.28. The van der Waals surface area contributed by atoms with Gasteiger partial charge in [0.1, 0.15) is 5.82 Å². The van der Waals surface area contributed by atoms with Crippen LogP contribution in [0.25, 0.3) is 10.2 Å². The average Bonchev–Trinajstić information content (AvgIpc) is 2.52. The van der Waals surface area contributed by atoms with E-state index < -0.39 is 0 Å². The lowest BCUT2D eigenvalue weighted by atomic mass is 10.4. The van der Waals surface area contributed by atoms with Gasteiger partial charge in [0.15, 0.2) is 0 Å². The van der Waals surface area contributed by atoms with E-state index in [0.29, 0.717) is 11.8 Å². The number of nitrogens with one attached hydrogen (secondary N) is 1. The van der Waals surface area contributed by atoms with E-state index >= 15 is 0 Å². The maximum Gasteiger partial charge on any atom is 0.239 e. The number of fused-ring (bicyclic) bond motifs is 1. The Morgan fingerprint density at radius 1 is 1.42 bits per heavy atom. The summed E-state index contributed by atoms with van der Waals surface area (Å²) >= 11 is 1.51. The Balaban J connectivity index is 2.75. The molecule has 0 spiro atoms. The number of hydrogen-bond donors (Lipinski definition) is 3. The van der Waals surface area contributed by atoms with Crippen molar-refractivity contribution in [1.29, 1.82) is 0 Å². The summed E-state index contributed by atoms with van der Waals surface area (Å²) in [6.45, 7) is 0. The van der Waals surface area contributed by atoms with Crippen molar-refractivity contribution in [2.45, 2.75) is 0 Å². The molecule has 0 saturated carbocycles. The van der Waals surface area contributed by atoms with Crippen molar-refractivity contribution in [3.63, 3.8) is 0 Å². The predicted octanol–water partition coefficient (Wildman–Crippen LogP) is 0.559. The average molecular weight is 181 g/mol. The molecule has 0 amide bonds. The number of aromatic nitrogens is 2. The summed E-state index contributed by atoms with van der Waals surface area (Å²) in [5.74, 6) is 5.96. The molecule has 0 atom stereocenters. The first kappa shape index (κ1) is 7.26. The fourth-order valence-electron chi connectivity index (χ4n) is 0.951. The molecule has 6 heteroatoms. The lowest BCUT2D eigenvalue weighted by molar-refractivity contribution is 1.16. The quantitative estimate of drug-likeness (QED) is 0.441. The zero-order chi connectivity index (χ0) is 8.55. The summed E-state index contributed by atoms with van der Waals surface area (Å²) in [7, 11) is 0. The molecule has 2 aromatic rings. The van der Waals surface area contributed by atoms with Crippen molar-refractivity contribution in [2.24, 2.45) is 5.84 Å². The second-order valence-corrected chi connectivity index (χ2v) is 3.13. The third kappa shape index (κ3) is 0.973. The third-order valence-electron chi connectivity index (χ3n) is 1.46. The topological polar surface area (TPSA) is 89.8 Å². The zero-order valence-electron chi connectivity index (χ0n) is 6.11. The van der Waals surface area contributed by atoms with Crippen LogP contribution in [0.2, 0.25) is 0 Å². The summed E-state index contributed by atoms with van der Waals surface area (Å²) in [4.78, 5) is 8.03. The molecule has 0 aromatic carbocycles. The van der Waals surface area contributed by atoms with Gasteiger partial charge < -0.3 is 5.73 Å². The highest BCUT2D eigenvalue weighted by Gasteiger charge is 2.03. The van der Waals surface area contributed by atoms with Crippen molar-refractivity contribution in [3.8, 4) is 0 Å². The van der Waals surface area contributed by atoms with Gasteiger partial charge in [-0.25, -0.2) is 10.8 Å². The van der Waals surface area contributed by atoms with Crippen molar-refractivity contribution < 1.29 is 0 Å². The Morgan fingerprint density at radius 2 is 2.25 bits per heavy atom. The van der Waals surface area contributed by atoms with Gasteiger partial charge in [-0.05, 0) is 11.4 Å². The summed E-state index contributed by atoms with van der Waals surface area (Å²) in [6.07, 6.45) is 0. The lowest BCUT2D eigenvalue weighted by Gasteiger charge is -1.99. The van der Waals surface area contributed by atoms with E-state index in [2.05, 4.69) is 15.4 Å². The van der Waals surface area contributed by atoms with Crippen LogP contribution in [-0.2, 0) is 0 Å². The van der Waals surface area contributed by atoms with Crippen LogP contribution in [0.1, 0.15) is 0 Å². The molecule has 0 saturated heterocycles. The summed E-state index contributed by atoms with van der Waals surface area (Å²) in [6, 6.07) is 1.87. The highest BCUT2D eigenvalue weighted by atomic mass is 32.1. The second kappa shape index (κ2) is 2.58. The van der Waals surface area contributed by atoms with Crippen LogP contribution in [0, 0.1) is 0 Å². The van der Waals surface area contributed by atoms with Crippen molar-refractivity contribution >= 4 is 33.3 Å². The summed E-state index contributed by atoms with van der Waals surface area (Å²) < 4.78 is 0.897. The fourth-order valence-corrected chi connectivity index (χ4v) is 1.68. The van der Waals surface area contributed by atoms with Crippen LogP contribution >= 0.6 is 11.3 Å². The molecule has 2 heterocycles. The first-order chi connectivity index (χ1) is 5.81. The van der Waals surface area contributed by atoms with Crippen LogP contribution in [0.15, 0.2) is 11.4 Å². The van der Waals surface area contributed by atoms with Gasteiger partial charge >= 0.3 is 0 Å². The van der Waals surface area contributed by atoms with E-state index in [-0.39, 0.29) is 0 Å². The molecule has 62 valence electrons. The molecule has 2 rings (SSSR count). The lowest BCUT2D eigenvalue weighted by Crippen LogP contribution is -2.11.